The molecule has 1 heterocycles. The van der Waals surface area contributed by atoms with Gasteiger partial charge in [-0.05, 0) is 46.1 Å². The Kier molecular flexibility index (Phi) is 4.42. The highest BCUT2D eigenvalue weighted by Crippen LogP contribution is 2.27. The van der Waals surface area contributed by atoms with Gasteiger partial charge in [0.1, 0.15) is 0 Å². The fraction of sp³-hybridized carbons (Fsp3) is 0.857. The SMILES string of the molecule is CC(C)=CCN(CC1CCCCN1)C1CC1. The number of rotatable bonds is 5. The van der Waals surface area contributed by atoms with Gasteiger partial charge in [-0.15, -0.1) is 0 Å². The second-order valence-electron chi connectivity index (χ2n) is 5.61. The predicted octanol–water partition coefficient (Wildman–Crippen LogP) is 2.56. The largest absolute Gasteiger partial charge is 0.313 e. The first kappa shape index (κ1) is 12.1. The molecule has 0 aromatic carbocycles. The van der Waals surface area contributed by atoms with E-state index in [0.29, 0.717) is 0 Å². The number of hydrogen-bond acceptors (Lipinski definition) is 2. The fourth-order valence-electron chi connectivity index (χ4n) is 2.48. The molecule has 1 atom stereocenters. The monoisotopic (exact) mass is 222 g/mol. The molecule has 2 fully saturated rings. The summed E-state index contributed by atoms with van der Waals surface area (Å²) in [6.45, 7) is 8.04. The minimum Gasteiger partial charge on any atom is -0.313 e. The van der Waals surface area contributed by atoms with Crippen molar-refractivity contribution in [1.82, 2.24) is 10.2 Å². The number of allylic oxidation sites excluding steroid dienone is 1. The molecule has 16 heavy (non-hydrogen) atoms. The summed E-state index contributed by atoms with van der Waals surface area (Å²) in [6, 6.07) is 1.64. The van der Waals surface area contributed by atoms with Gasteiger partial charge >= 0.3 is 0 Å². The molecule has 1 aliphatic carbocycles. The third-order valence-electron chi connectivity index (χ3n) is 3.66. The third-order valence-corrected chi connectivity index (χ3v) is 3.66. The van der Waals surface area contributed by atoms with Gasteiger partial charge in [-0.1, -0.05) is 18.1 Å². The highest BCUT2D eigenvalue weighted by molar-refractivity contribution is 4.98. The van der Waals surface area contributed by atoms with E-state index in [4.69, 9.17) is 0 Å². The molecule has 0 bridgehead atoms. The van der Waals surface area contributed by atoms with Crippen molar-refractivity contribution in [2.75, 3.05) is 19.6 Å². The molecule has 1 N–H and O–H groups in total. The Bertz CT molecular complexity index is 233. The smallest absolute Gasteiger partial charge is 0.0195 e. The van der Waals surface area contributed by atoms with Crippen LogP contribution < -0.4 is 5.32 Å². The van der Waals surface area contributed by atoms with Gasteiger partial charge in [0, 0.05) is 25.2 Å². The van der Waals surface area contributed by atoms with Gasteiger partial charge in [-0.3, -0.25) is 4.90 Å². The molecule has 2 heteroatoms. The Morgan fingerprint density at radius 2 is 2.06 bits per heavy atom. The quantitative estimate of drug-likeness (QED) is 0.719. The van der Waals surface area contributed by atoms with Crippen LogP contribution in [-0.4, -0.2) is 36.6 Å². The van der Waals surface area contributed by atoms with Crippen LogP contribution in [0.2, 0.25) is 0 Å². The maximum atomic E-state index is 3.66. The zero-order valence-electron chi connectivity index (χ0n) is 10.8. The Morgan fingerprint density at radius 3 is 2.62 bits per heavy atom. The molecule has 1 aliphatic heterocycles. The van der Waals surface area contributed by atoms with Gasteiger partial charge < -0.3 is 5.32 Å². The Hall–Kier alpha value is -0.340. The van der Waals surface area contributed by atoms with E-state index in [1.807, 2.05) is 0 Å². The molecule has 2 aliphatic rings. The third kappa shape index (κ3) is 3.91. The number of nitrogens with one attached hydrogen (secondary N) is 1. The van der Waals surface area contributed by atoms with Crippen molar-refractivity contribution >= 4 is 0 Å². The van der Waals surface area contributed by atoms with E-state index in [0.717, 1.165) is 18.6 Å². The van der Waals surface area contributed by atoms with Gasteiger partial charge in [-0.25, -0.2) is 0 Å². The molecule has 0 aromatic rings. The predicted molar refractivity (Wildman–Crippen MR) is 69.7 cm³/mol. The lowest BCUT2D eigenvalue weighted by Gasteiger charge is -2.30. The summed E-state index contributed by atoms with van der Waals surface area (Å²) < 4.78 is 0. The second-order valence-corrected chi connectivity index (χ2v) is 5.61. The molecule has 1 saturated heterocycles. The average Bonchev–Trinajstić information content (AvgIpc) is 3.09. The highest BCUT2D eigenvalue weighted by atomic mass is 15.2. The Morgan fingerprint density at radius 1 is 1.25 bits per heavy atom. The maximum Gasteiger partial charge on any atom is 0.0195 e. The molecule has 0 amide bonds. The zero-order valence-corrected chi connectivity index (χ0v) is 10.8. The van der Waals surface area contributed by atoms with Crippen molar-refractivity contribution < 1.29 is 0 Å². The standard InChI is InChI=1S/C14H26N2/c1-12(2)8-10-16(14-6-7-14)11-13-5-3-4-9-15-13/h8,13-15H,3-7,9-11H2,1-2H3. The van der Waals surface area contributed by atoms with Crippen molar-refractivity contribution in [1.29, 1.82) is 0 Å². The first-order chi connectivity index (χ1) is 7.75. The minimum atomic E-state index is 0.750. The highest BCUT2D eigenvalue weighted by Gasteiger charge is 2.30. The van der Waals surface area contributed by atoms with Crippen molar-refractivity contribution in [2.24, 2.45) is 0 Å². The Balaban J connectivity index is 1.79. The summed E-state index contributed by atoms with van der Waals surface area (Å²) in [6.07, 6.45) is 9.37. The van der Waals surface area contributed by atoms with E-state index in [1.54, 1.807) is 0 Å². The van der Waals surface area contributed by atoms with Gasteiger partial charge in [0.25, 0.3) is 0 Å². The summed E-state index contributed by atoms with van der Waals surface area (Å²) in [5.74, 6) is 0. The van der Waals surface area contributed by atoms with E-state index in [1.165, 1.54) is 50.8 Å². The molecule has 1 unspecified atom stereocenters. The van der Waals surface area contributed by atoms with E-state index in [2.05, 4.69) is 30.1 Å². The molecule has 0 aromatic heterocycles. The van der Waals surface area contributed by atoms with Crippen LogP contribution >= 0.6 is 0 Å². The van der Waals surface area contributed by atoms with Crippen molar-refractivity contribution in [3.05, 3.63) is 11.6 Å². The second kappa shape index (κ2) is 5.83. The topological polar surface area (TPSA) is 15.3 Å². The average molecular weight is 222 g/mol. The molecule has 1 saturated carbocycles. The van der Waals surface area contributed by atoms with Crippen molar-refractivity contribution in [3.63, 3.8) is 0 Å². The Labute approximate surface area is 100 Å². The molecule has 0 spiro atoms. The number of nitrogens with zero attached hydrogens (tertiary/aromatic N) is 1. The number of hydrogen-bond donors (Lipinski definition) is 1. The lowest BCUT2D eigenvalue weighted by Crippen LogP contribution is -2.44. The lowest BCUT2D eigenvalue weighted by atomic mass is 10.0. The summed E-state index contributed by atoms with van der Waals surface area (Å²) in [7, 11) is 0. The van der Waals surface area contributed by atoms with Crippen molar-refractivity contribution in [3.8, 4) is 0 Å². The first-order valence-electron chi connectivity index (χ1n) is 6.86. The summed E-state index contributed by atoms with van der Waals surface area (Å²) in [4.78, 5) is 2.68. The van der Waals surface area contributed by atoms with Gasteiger partial charge in [0.15, 0.2) is 0 Å². The summed E-state index contributed by atoms with van der Waals surface area (Å²) >= 11 is 0. The summed E-state index contributed by atoms with van der Waals surface area (Å²) in [5.41, 5.74) is 1.45. The molecular weight excluding hydrogens is 196 g/mol. The van der Waals surface area contributed by atoms with Gasteiger partial charge in [0.2, 0.25) is 0 Å². The van der Waals surface area contributed by atoms with Crippen LogP contribution in [0.4, 0.5) is 0 Å². The molecule has 92 valence electrons. The first-order valence-corrected chi connectivity index (χ1v) is 6.86. The fourth-order valence-corrected chi connectivity index (χ4v) is 2.48. The van der Waals surface area contributed by atoms with Crippen molar-refractivity contribution in [2.45, 2.75) is 58.0 Å². The van der Waals surface area contributed by atoms with Crippen LogP contribution in [0.25, 0.3) is 0 Å². The zero-order chi connectivity index (χ0) is 11.4. The van der Waals surface area contributed by atoms with Crippen LogP contribution in [0.5, 0.6) is 0 Å². The van der Waals surface area contributed by atoms with E-state index in [9.17, 15) is 0 Å². The molecular formula is C14H26N2. The molecule has 2 rings (SSSR count). The van der Waals surface area contributed by atoms with Gasteiger partial charge in [0.05, 0.1) is 0 Å². The van der Waals surface area contributed by atoms with E-state index in [-0.39, 0.29) is 0 Å². The minimum absolute atomic E-state index is 0.750. The molecule has 0 radical (unpaired) electrons. The van der Waals surface area contributed by atoms with Crippen LogP contribution in [0.3, 0.4) is 0 Å². The van der Waals surface area contributed by atoms with E-state index >= 15 is 0 Å². The maximum absolute atomic E-state index is 3.66. The van der Waals surface area contributed by atoms with Crippen LogP contribution in [0, 0.1) is 0 Å². The number of piperidine rings is 1. The summed E-state index contributed by atoms with van der Waals surface area (Å²) in [5, 5.41) is 3.66. The van der Waals surface area contributed by atoms with Gasteiger partial charge in [-0.2, -0.15) is 0 Å². The normalized spacial score (nSPS) is 25.8. The van der Waals surface area contributed by atoms with Crippen LogP contribution in [-0.2, 0) is 0 Å². The lowest BCUT2D eigenvalue weighted by molar-refractivity contribution is 0.234. The van der Waals surface area contributed by atoms with Crippen LogP contribution in [0.15, 0.2) is 11.6 Å². The van der Waals surface area contributed by atoms with E-state index < -0.39 is 0 Å². The van der Waals surface area contributed by atoms with Crippen LogP contribution in [0.1, 0.15) is 46.0 Å². The molecule has 2 nitrogen and oxygen atoms in total.